The maximum atomic E-state index is 10.9. The van der Waals surface area contributed by atoms with Crippen molar-refractivity contribution in [1.82, 2.24) is 0 Å². The van der Waals surface area contributed by atoms with Crippen LogP contribution in [-0.2, 0) is 9.59 Å². The predicted molar refractivity (Wildman–Crippen MR) is 64.1 cm³/mol. The van der Waals surface area contributed by atoms with Gasteiger partial charge < -0.3 is 9.47 Å². The molecule has 0 unspecified atom stereocenters. The minimum absolute atomic E-state index is 0.235. The number of ether oxygens (including phenoxy) is 2. The molecule has 0 aliphatic rings. The van der Waals surface area contributed by atoms with Gasteiger partial charge in [0.2, 0.25) is 0 Å². The van der Waals surface area contributed by atoms with Crippen molar-refractivity contribution in [2.24, 2.45) is 5.18 Å². The number of carbonyl (C=O) groups is 2. The summed E-state index contributed by atoms with van der Waals surface area (Å²) in [6.07, 6.45) is 2.41. The Hall–Kier alpha value is -2.50. The molecule has 0 heterocycles. The monoisotopic (exact) mass is 249 g/mol. The minimum atomic E-state index is -0.889. The lowest BCUT2D eigenvalue weighted by Gasteiger charge is -2.08. The summed E-state index contributed by atoms with van der Waals surface area (Å²) in [4.78, 5) is 31.5. The van der Waals surface area contributed by atoms with Gasteiger partial charge in [0.15, 0.2) is 11.5 Å². The number of carbonyl (C=O) groups excluding carboxylic acids is 2. The summed E-state index contributed by atoms with van der Waals surface area (Å²) in [5.74, 6) is -0.749. The van der Waals surface area contributed by atoms with Crippen LogP contribution in [0.1, 0.15) is 12.5 Å². The molecule has 0 saturated carbocycles. The van der Waals surface area contributed by atoms with Gasteiger partial charge in [-0.2, -0.15) is 0 Å². The molecule has 0 spiro atoms. The van der Waals surface area contributed by atoms with Crippen LogP contribution >= 0.6 is 0 Å². The molecule has 0 atom stereocenters. The Morgan fingerprint density at radius 1 is 1.28 bits per heavy atom. The van der Waals surface area contributed by atoms with Gasteiger partial charge in [0.05, 0.1) is 7.11 Å². The fraction of sp³-hybridized carbons (Fsp3) is 0.167. The summed E-state index contributed by atoms with van der Waals surface area (Å²) in [7, 11) is 1.44. The highest BCUT2D eigenvalue weighted by Crippen LogP contribution is 2.28. The summed E-state index contributed by atoms with van der Waals surface area (Å²) in [6, 6.07) is 4.73. The zero-order valence-corrected chi connectivity index (χ0v) is 9.88. The van der Waals surface area contributed by atoms with Crippen LogP contribution in [0.4, 0.5) is 0 Å². The van der Waals surface area contributed by atoms with Gasteiger partial charge in [-0.1, -0.05) is 6.07 Å². The molecule has 6 heteroatoms. The van der Waals surface area contributed by atoms with E-state index in [0.717, 1.165) is 6.08 Å². The quantitative estimate of drug-likeness (QED) is 0.352. The van der Waals surface area contributed by atoms with Crippen molar-refractivity contribution in [1.29, 1.82) is 0 Å². The van der Waals surface area contributed by atoms with E-state index in [9.17, 15) is 14.5 Å². The van der Waals surface area contributed by atoms with E-state index in [1.807, 2.05) is 0 Å². The number of hydrogen-bond acceptors (Lipinski definition) is 5. The smallest absolute Gasteiger partial charge is 0.309 e. The van der Waals surface area contributed by atoms with Crippen LogP contribution in [0.5, 0.6) is 11.5 Å². The van der Waals surface area contributed by atoms with Crippen molar-refractivity contribution < 1.29 is 19.1 Å². The number of rotatable bonds is 4. The second kappa shape index (κ2) is 6.29. The van der Waals surface area contributed by atoms with Gasteiger partial charge in [-0.25, -0.2) is 0 Å². The highest BCUT2D eigenvalue weighted by Gasteiger charge is 2.07. The van der Waals surface area contributed by atoms with Gasteiger partial charge >= 0.3 is 11.9 Å². The number of amides is 1. The third-order valence-electron chi connectivity index (χ3n) is 1.95. The Morgan fingerprint density at radius 2 is 2.00 bits per heavy atom. The van der Waals surface area contributed by atoms with E-state index < -0.39 is 11.9 Å². The van der Waals surface area contributed by atoms with Gasteiger partial charge in [0.1, 0.15) is 0 Å². The van der Waals surface area contributed by atoms with Crippen LogP contribution in [0.25, 0.3) is 6.08 Å². The van der Waals surface area contributed by atoms with Gasteiger partial charge in [-0.05, 0) is 23.8 Å². The molecule has 0 bridgehead atoms. The topological polar surface area (TPSA) is 82.0 Å². The van der Waals surface area contributed by atoms with E-state index in [1.54, 1.807) is 12.1 Å². The predicted octanol–water partition coefficient (Wildman–Crippen LogP) is 1.93. The molecule has 94 valence electrons. The maximum Gasteiger partial charge on any atom is 0.309 e. The fourth-order valence-corrected chi connectivity index (χ4v) is 1.23. The minimum Gasteiger partial charge on any atom is -0.493 e. The third kappa shape index (κ3) is 3.82. The number of benzene rings is 1. The Kier molecular flexibility index (Phi) is 4.74. The molecule has 1 aromatic rings. The Bertz CT molecular complexity index is 507. The maximum absolute atomic E-state index is 10.9. The average molecular weight is 249 g/mol. The zero-order chi connectivity index (χ0) is 13.5. The third-order valence-corrected chi connectivity index (χ3v) is 1.95. The van der Waals surface area contributed by atoms with Gasteiger partial charge in [0, 0.05) is 18.2 Å². The first kappa shape index (κ1) is 13.6. The molecule has 0 saturated heterocycles. The Labute approximate surface area is 103 Å². The molecule has 1 rings (SSSR count). The Morgan fingerprint density at radius 3 is 2.56 bits per heavy atom. The lowest BCUT2D eigenvalue weighted by Crippen LogP contribution is -2.03. The first-order valence-electron chi connectivity index (χ1n) is 4.98. The normalized spacial score (nSPS) is 10.1. The van der Waals surface area contributed by atoms with Gasteiger partial charge in [-0.15, -0.1) is 4.91 Å². The molecule has 0 radical (unpaired) electrons. The van der Waals surface area contributed by atoms with Crippen molar-refractivity contribution in [2.45, 2.75) is 6.92 Å². The molecule has 0 aliphatic carbocycles. The van der Waals surface area contributed by atoms with E-state index in [1.165, 1.54) is 26.2 Å². The van der Waals surface area contributed by atoms with Crippen LogP contribution in [0, 0.1) is 4.91 Å². The van der Waals surface area contributed by atoms with Crippen LogP contribution in [0.3, 0.4) is 0 Å². The number of hydrogen-bond donors (Lipinski definition) is 0. The van der Waals surface area contributed by atoms with Crippen molar-refractivity contribution in [3.8, 4) is 11.5 Å². The fourth-order valence-electron chi connectivity index (χ4n) is 1.23. The standard InChI is InChI=1S/C12H11NO5/c1-8(14)18-11-7-9(3-5-10(11)17-2)4-6-12(15)13-16/h3-7H,1-2H3. The van der Waals surface area contributed by atoms with Crippen molar-refractivity contribution in [2.75, 3.05) is 7.11 Å². The van der Waals surface area contributed by atoms with E-state index in [0.29, 0.717) is 11.3 Å². The molecule has 0 N–H and O–H groups in total. The SMILES string of the molecule is COc1ccc(C=CC(=O)N=O)cc1OC(C)=O. The molecular formula is C12H11NO5. The van der Waals surface area contributed by atoms with E-state index >= 15 is 0 Å². The van der Waals surface area contributed by atoms with Crippen LogP contribution in [-0.4, -0.2) is 19.0 Å². The molecule has 0 aliphatic heterocycles. The average Bonchev–Trinajstić information content (AvgIpc) is 2.35. The van der Waals surface area contributed by atoms with Crippen molar-refractivity contribution >= 4 is 18.0 Å². The summed E-state index contributed by atoms with van der Waals surface area (Å²) in [6.45, 7) is 1.27. The number of nitroso groups, excluding NO2 is 1. The van der Waals surface area contributed by atoms with Crippen LogP contribution in [0.15, 0.2) is 29.5 Å². The van der Waals surface area contributed by atoms with E-state index in [-0.39, 0.29) is 5.75 Å². The molecule has 6 nitrogen and oxygen atoms in total. The van der Waals surface area contributed by atoms with Gasteiger partial charge in [-0.3, -0.25) is 9.59 Å². The van der Waals surface area contributed by atoms with Crippen LogP contribution in [0.2, 0.25) is 0 Å². The summed E-state index contributed by atoms with van der Waals surface area (Å²) >= 11 is 0. The highest BCUT2D eigenvalue weighted by molar-refractivity contribution is 5.92. The first-order valence-corrected chi connectivity index (χ1v) is 4.98. The lowest BCUT2D eigenvalue weighted by molar-refractivity contribution is -0.132. The second-order valence-electron chi connectivity index (χ2n) is 3.27. The first-order chi connectivity index (χ1) is 8.56. The second-order valence-corrected chi connectivity index (χ2v) is 3.27. The molecule has 1 aromatic carbocycles. The van der Waals surface area contributed by atoms with Crippen LogP contribution < -0.4 is 9.47 Å². The number of esters is 1. The van der Waals surface area contributed by atoms with E-state index in [2.05, 4.69) is 5.18 Å². The van der Waals surface area contributed by atoms with Gasteiger partial charge in [0.25, 0.3) is 0 Å². The molecular weight excluding hydrogens is 238 g/mol. The highest BCUT2D eigenvalue weighted by atomic mass is 16.6. The molecule has 18 heavy (non-hydrogen) atoms. The summed E-state index contributed by atoms with van der Waals surface area (Å²) < 4.78 is 9.95. The summed E-state index contributed by atoms with van der Waals surface area (Å²) in [5.41, 5.74) is 0.573. The molecule has 0 fully saturated rings. The van der Waals surface area contributed by atoms with Crippen molar-refractivity contribution in [3.63, 3.8) is 0 Å². The molecule has 1 amide bonds. The van der Waals surface area contributed by atoms with Crippen molar-refractivity contribution in [3.05, 3.63) is 34.7 Å². The number of nitrogens with zero attached hydrogens (tertiary/aromatic N) is 1. The largest absolute Gasteiger partial charge is 0.493 e. The Balaban J connectivity index is 3.02. The lowest BCUT2D eigenvalue weighted by atomic mass is 10.2. The molecule has 0 aromatic heterocycles. The number of methoxy groups -OCH3 is 1. The summed E-state index contributed by atoms with van der Waals surface area (Å²) in [5, 5.41) is 2.22. The van der Waals surface area contributed by atoms with E-state index in [4.69, 9.17) is 9.47 Å². The zero-order valence-electron chi connectivity index (χ0n) is 9.88.